The number of rotatable bonds is 12. The van der Waals surface area contributed by atoms with Crippen LogP contribution in [-0.4, -0.2) is 26.6 Å². The number of ether oxygens (including phenoxy) is 4. The predicted molar refractivity (Wildman–Crippen MR) is 232 cm³/mol. The highest BCUT2D eigenvalue weighted by molar-refractivity contribution is 6.98. The van der Waals surface area contributed by atoms with E-state index in [1.165, 1.54) is 0 Å². The predicted octanol–water partition coefficient (Wildman–Crippen LogP) is 10.9. The van der Waals surface area contributed by atoms with Gasteiger partial charge in [-0.25, -0.2) is 9.97 Å². The molecule has 58 heavy (non-hydrogen) atoms. The lowest BCUT2D eigenvalue weighted by Gasteiger charge is -2.15. The van der Waals surface area contributed by atoms with Gasteiger partial charge in [0.1, 0.15) is 34.5 Å². The lowest BCUT2D eigenvalue weighted by Crippen LogP contribution is -2.51. The first-order chi connectivity index (χ1) is 27.9. The zero-order valence-corrected chi connectivity index (χ0v) is 34.3. The summed E-state index contributed by atoms with van der Waals surface area (Å²) < 4.78 is 25.7. The van der Waals surface area contributed by atoms with E-state index in [9.17, 15) is 0 Å². The molecule has 0 N–H and O–H groups in total. The third kappa shape index (κ3) is 8.44. The van der Waals surface area contributed by atoms with E-state index in [1.807, 2.05) is 86.9 Å². The number of hydrogen-bond donors (Lipinski definition) is 0. The van der Waals surface area contributed by atoms with Crippen molar-refractivity contribution in [1.82, 2.24) is 19.9 Å². The van der Waals surface area contributed by atoms with Crippen molar-refractivity contribution in [2.24, 2.45) is 0 Å². The Labute approximate surface area is 341 Å². The summed E-state index contributed by atoms with van der Waals surface area (Å²) in [5.41, 5.74) is 10.5. The molecule has 7 aromatic rings. The number of benzene rings is 4. The van der Waals surface area contributed by atoms with Crippen molar-refractivity contribution in [1.29, 1.82) is 0 Å². The SMILES string of the molecule is Cc1ccnc(Oc2cc(Oc3ccc4c(c3)B(c3ncc(C(C)C)cn3)c3cc(Oc5cc(Oc6cc(C)ccn6)cc(C(C)C)c5)ccc3-4)cc(C(C)C)c2)c1. The Bertz CT molecular complexity index is 2450. The van der Waals surface area contributed by atoms with Crippen LogP contribution >= 0.6 is 0 Å². The summed E-state index contributed by atoms with van der Waals surface area (Å²) in [6.07, 6.45) is 7.39. The maximum atomic E-state index is 6.64. The molecule has 1 aliphatic heterocycles. The van der Waals surface area contributed by atoms with Crippen LogP contribution in [0.3, 0.4) is 0 Å². The molecule has 0 radical (unpaired) electrons. The molecule has 0 amide bonds. The second-order valence-corrected chi connectivity index (χ2v) is 16.0. The smallest absolute Gasteiger partial charge is 0.291 e. The molecule has 8 nitrogen and oxygen atoms in total. The van der Waals surface area contributed by atoms with E-state index < -0.39 is 0 Å². The van der Waals surface area contributed by atoms with Gasteiger partial charge in [-0.3, -0.25) is 9.97 Å². The van der Waals surface area contributed by atoms with Crippen molar-refractivity contribution in [2.75, 3.05) is 0 Å². The highest BCUT2D eigenvalue weighted by Gasteiger charge is 2.37. The summed E-state index contributed by atoms with van der Waals surface area (Å²) in [7, 11) is 0. The van der Waals surface area contributed by atoms with Gasteiger partial charge in [0.2, 0.25) is 11.8 Å². The Kier molecular flexibility index (Phi) is 10.7. The first-order valence-corrected chi connectivity index (χ1v) is 19.9. The minimum atomic E-state index is -0.250. The minimum Gasteiger partial charge on any atom is -0.457 e. The third-order valence-electron chi connectivity index (χ3n) is 10.4. The van der Waals surface area contributed by atoms with Gasteiger partial charge in [-0.2, -0.15) is 0 Å². The van der Waals surface area contributed by atoms with Crippen LogP contribution in [0.4, 0.5) is 0 Å². The Hall–Kier alpha value is -6.48. The molecule has 4 aromatic carbocycles. The van der Waals surface area contributed by atoms with Gasteiger partial charge >= 0.3 is 0 Å². The molecule has 290 valence electrons. The average molecular weight is 767 g/mol. The van der Waals surface area contributed by atoms with E-state index in [4.69, 9.17) is 28.9 Å². The Morgan fingerprint density at radius 2 is 0.828 bits per heavy atom. The van der Waals surface area contributed by atoms with Crippen LogP contribution in [0.2, 0.25) is 0 Å². The van der Waals surface area contributed by atoms with Gasteiger partial charge in [0.25, 0.3) is 6.71 Å². The summed E-state index contributed by atoms with van der Waals surface area (Å²) in [6, 6.07) is 32.3. The molecule has 0 unspecified atom stereocenters. The van der Waals surface area contributed by atoms with Crippen LogP contribution in [-0.2, 0) is 0 Å². The Morgan fingerprint density at radius 1 is 0.414 bits per heavy atom. The fourth-order valence-corrected chi connectivity index (χ4v) is 7.15. The van der Waals surface area contributed by atoms with Crippen molar-refractivity contribution in [3.05, 3.63) is 150 Å². The maximum Gasteiger partial charge on any atom is 0.291 e. The van der Waals surface area contributed by atoms with Gasteiger partial charge < -0.3 is 18.9 Å². The van der Waals surface area contributed by atoms with Crippen LogP contribution in [0.15, 0.2) is 122 Å². The third-order valence-corrected chi connectivity index (χ3v) is 10.4. The van der Waals surface area contributed by atoms with Crippen molar-refractivity contribution in [3.8, 4) is 57.4 Å². The number of hydrogen-bond acceptors (Lipinski definition) is 8. The summed E-state index contributed by atoms with van der Waals surface area (Å²) in [5.74, 6) is 6.01. The zero-order valence-electron chi connectivity index (χ0n) is 34.3. The van der Waals surface area contributed by atoms with E-state index in [0.29, 0.717) is 57.9 Å². The molecule has 0 saturated heterocycles. The molecular weight excluding hydrogens is 719 g/mol. The highest BCUT2D eigenvalue weighted by atomic mass is 16.5. The molecule has 8 rings (SSSR count). The van der Waals surface area contributed by atoms with Crippen molar-refractivity contribution in [3.63, 3.8) is 0 Å². The Morgan fingerprint density at radius 3 is 1.22 bits per heavy atom. The van der Waals surface area contributed by atoms with Crippen LogP contribution in [0, 0.1) is 13.8 Å². The fraction of sp³-hybridized carbons (Fsp3) is 0.224. The zero-order chi connectivity index (χ0) is 40.5. The molecule has 0 spiro atoms. The van der Waals surface area contributed by atoms with E-state index in [1.54, 1.807) is 12.4 Å². The number of nitrogens with zero attached hydrogens (tertiary/aromatic N) is 4. The normalized spacial score (nSPS) is 11.9. The molecular formula is C49H47BN4O4. The van der Waals surface area contributed by atoms with Gasteiger partial charge in [0.15, 0.2) is 0 Å². The molecule has 9 heteroatoms. The van der Waals surface area contributed by atoms with Crippen molar-refractivity contribution < 1.29 is 18.9 Å². The fourth-order valence-electron chi connectivity index (χ4n) is 7.15. The molecule has 0 fully saturated rings. The van der Waals surface area contributed by atoms with E-state index in [0.717, 1.165) is 49.9 Å². The Balaban J connectivity index is 1.14. The molecule has 0 bridgehead atoms. The molecule has 4 heterocycles. The molecule has 1 aliphatic rings. The monoisotopic (exact) mass is 766 g/mol. The van der Waals surface area contributed by atoms with Crippen LogP contribution < -0.4 is 35.6 Å². The van der Waals surface area contributed by atoms with Gasteiger partial charge in [0, 0.05) is 49.1 Å². The summed E-state index contributed by atoms with van der Waals surface area (Å²) >= 11 is 0. The topological polar surface area (TPSA) is 88.5 Å². The molecule has 3 aromatic heterocycles. The summed E-state index contributed by atoms with van der Waals surface area (Å²) in [5, 5.41) is 0. The lowest BCUT2D eigenvalue weighted by molar-refractivity contribution is 0.446. The number of aromatic nitrogens is 4. The lowest BCUT2D eigenvalue weighted by atomic mass is 9.42. The van der Waals surface area contributed by atoms with Gasteiger partial charge in [-0.05, 0) is 131 Å². The summed E-state index contributed by atoms with van der Waals surface area (Å²) in [6.45, 7) is 16.7. The first-order valence-electron chi connectivity index (χ1n) is 19.9. The van der Waals surface area contributed by atoms with Crippen LogP contribution in [0.1, 0.15) is 87.1 Å². The average Bonchev–Trinajstić information content (AvgIpc) is 3.50. The number of pyridine rings is 2. The maximum absolute atomic E-state index is 6.64. The second-order valence-electron chi connectivity index (χ2n) is 16.0. The van der Waals surface area contributed by atoms with Crippen molar-refractivity contribution in [2.45, 2.75) is 73.1 Å². The minimum absolute atomic E-state index is 0.250. The van der Waals surface area contributed by atoms with Crippen LogP contribution in [0.25, 0.3) is 11.1 Å². The first kappa shape index (κ1) is 38.4. The van der Waals surface area contributed by atoms with Gasteiger partial charge in [-0.1, -0.05) is 64.6 Å². The van der Waals surface area contributed by atoms with E-state index in [-0.39, 0.29) is 18.5 Å². The second kappa shape index (κ2) is 16.2. The molecule has 0 aliphatic carbocycles. The highest BCUT2D eigenvalue weighted by Crippen LogP contribution is 2.36. The molecule has 0 atom stereocenters. The van der Waals surface area contributed by atoms with Crippen molar-refractivity contribution >= 4 is 23.4 Å². The molecule has 0 saturated carbocycles. The van der Waals surface area contributed by atoms with Gasteiger partial charge in [0.05, 0.1) is 5.72 Å². The van der Waals surface area contributed by atoms with Gasteiger partial charge in [-0.15, -0.1) is 0 Å². The van der Waals surface area contributed by atoms with E-state index in [2.05, 4.69) is 87.9 Å². The standard InChI is InChI=1S/C49H47BN4O4/c1-29(2)34-19-39(23-41(21-34)57-47-17-32(7)13-15-51-47)55-37-9-11-43-44-12-10-38(26-46(44)50(45(43)25-37)49-53-27-36(28-54-49)31(5)6)56-40-20-35(30(3)4)22-42(24-40)58-48-18-33(8)14-16-52-48/h9-31H,1-8H3. The quantitative estimate of drug-likeness (QED) is 0.114. The van der Waals surface area contributed by atoms with E-state index >= 15 is 0 Å². The van der Waals surface area contributed by atoms with Crippen LogP contribution in [0.5, 0.6) is 46.3 Å². The number of fused-ring (bicyclic) bond motifs is 3. The summed E-state index contributed by atoms with van der Waals surface area (Å²) in [4.78, 5) is 18.7. The largest absolute Gasteiger partial charge is 0.457 e. The number of aryl methyl sites for hydroxylation is 2.